The van der Waals surface area contributed by atoms with Crippen LogP contribution in [0.25, 0.3) is 5.20 Å². The van der Waals surface area contributed by atoms with Crippen molar-refractivity contribution in [2.45, 2.75) is 40.4 Å². The molecule has 1 aromatic rings. The van der Waals surface area contributed by atoms with Gasteiger partial charge in [-0.3, -0.25) is 0 Å². The first-order valence-corrected chi connectivity index (χ1v) is 9.60. The predicted molar refractivity (Wildman–Crippen MR) is 77.3 cm³/mol. The highest BCUT2D eigenvalue weighted by atomic mass is 28.3. The van der Waals surface area contributed by atoms with Gasteiger partial charge in [-0.25, -0.2) is 4.39 Å². The van der Waals surface area contributed by atoms with Crippen LogP contribution >= 0.6 is 0 Å². The lowest BCUT2D eigenvalue weighted by Gasteiger charge is -2.28. The van der Waals surface area contributed by atoms with Crippen molar-refractivity contribution < 1.29 is 4.39 Å². The summed E-state index contributed by atoms with van der Waals surface area (Å²) in [6.45, 7) is 12.4. The number of benzene rings is 1. The molecule has 0 N–H and O–H groups in total. The van der Waals surface area contributed by atoms with Crippen LogP contribution in [0.1, 0.15) is 26.3 Å². The van der Waals surface area contributed by atoms with E-state index < -0.39 is 13.5 Å². The zero-order chi connectivity index (χ0) is 13.3. The Bertz CT molecular complexity index is 405. The Hall–Kier alpha value is -0.893. The van der Waals surface area contributed by atoms with E-state index in [0.717, 1.165) is 10.8 Å². The van der Waals surface area contributed by atoms with E-state index in [1.54, 1.807) is 0 Å². The van der Waals surface area contributed by atoms with E-state index in [2.05, 4.69) is 19.6 Å². The van der Waals surface area contributed by atoms with Crippen molar-refractivity contribution >= 4 is 13.3 Å². The van der Waals surface area contributed by atoms with E-state index in [1.165, 1.54) is 0 Å². The van der Waals surface area contributed by atoms with Crippen LogP contribution in [0.3, 0.4) is 0 Å². The summed E-state index contributed by atoms with van der Waals surface area (Å²) in [5.41, 5.74) is 0.630. The molecule has 1 aromatic carbocycles. The zero-order valence-electron chi connectivity index (χ0n) is 11.8. The van der Waals surface area contributed by atoms with Crippen molar-refractivity contribution in [3.8, 4) is 0 Å². The third kappa shape index (κ3) is 3.53. The maximum atomic E-state index is 14.7. The Morgan fingerprint density at radius 2 is 1.47 bits per heavy atom. The van der Waals surface area contributed by atoms with E-state index in [1.807, 2.05) is 51.1 Å². The van der Waals surface area contributed by atoms with Gasteiger partial charge in [0, 0.05) is 5.41 Å². The molecule has 17 heavy (non-hydrogen) atoms. The summed E-state index contributed by atoms with van der Waals surface area (Å²) in [5, 5.41) is 0.950. The Labute approximate surface area is 106 Å². The zero-order valence-corrected chi connectivity index (χ0v) is 12.8. The van der Waals surface area contributed by atoms with Gasteiger partial charge in [0.25, 0.3) is 0 Å². The first kappa shape index (κ1) is 14.2. The second-order valence-electron chi connectivity index (χ2n) is 6.56. The van der Waals surface area contributed by atoms with Crippen molar-refractivity contribution in [1.29, 1.82) is 0 Å². The summed E-state index contributed by atoms with van der Waals surface area (Å²) in [5.74, 6) is 0.0443. The summed E-state index contributed by atoms with van der Waals surface area (Å²) in [6, 6.07) is 9.95. The van der Waals surface area contributed by atoms with Crippen molar-refractivity contribution in [1.82, 2.24) is 0 Å². The van der Waals surface area contributed by atoms with Crippen molar-refractivity contribution in [2.24, 2.45) is 5.41 Å². The molecule has 0 saturated heterocycles. The maximum Gasteiger partial charge on any atom is 0.105 e. The average Bonchev–Trinajstić information content (AvgIpc) is 2.15. The first-order valence-electron chi connectivity index (χ1n) is 6.10. The highest BCUT2D eigenvalue weighted by Crippen LogP contribution is 2.38. The van der Waals surface area contributed by atoms with Gasteiger partial charge in [0.2, 0.25) is 0 Å². The number of hydrogen-bond acceptors (Lipinski definition) is 0. The Balaban J connectivity index is 3.44. The molecule has 94 valence electrons. The summed E-state index contributed by atoms with van der Waals surface area (Å²) < 4.78 is 14.7. The molecular weight excluding hydrogens is 227 g/mol. The fourth-order valence-electron chi connectivity index (χ4n) is 1.87. The molecule has 0 atom stereocenters. The molecule has 0 aliphatic heterocycles. The molecule has 0 amide bonds. The Morgan fingerprint density at radius 3 is 1.82 bits per heavy atom. The van der Waals surface area contributed by atoms with Crippen LogP contribution in [0.5, 0.6) is 0 Å². The lowest BCUT2D eigenvalue weighted by molar-refractivity contribution is 0.387. The van der Waals surface area contributed by atoms with Gasteiger partial charge in [0.15, 0.2) is 0 Å². The van der Waals surface area contributed by atoms with Gasteiger partial charge in [0.05, 0.1) is 8.07 Å². The van der Waals surface area contributed by atoms with Crippen LogP contribution in [0.15, 0.2) is 36.2 Å². The third-order valence-electron chi connectivity index (χ3n) is 2.69. The van der Waals surface area contributed by atoms with Gasteiger partial charge in [-0.2, -0.15) is 0 Å². The molecule has 0 spiro atoms. The summed E-state index contributed by atoms with van der Waals surface area (Å²) in [7, 11) is -1.70. The largest absolute Gasteiger partial charge is 0.211 e. The van der Waals surface area contributed by atoms with E-state index in [4.69, 9.17) is 0 Å². The van der Waals surface area contributed by atoms with Gasteiger partial charge < -0.3 is 0 Å². The fourth-order valence-corrected chi connectivity index (χ4v) is 3.93. The lowest BCUT2D eigenvalue weighted by Crippen LogP contribution is -2.26. The molecule has 0 fully saturated rings. The number of rotatable bonds is 2. The van der Waals surface area contributed by atoms with Crippen LogP contribution in [-0.4, -0.2) is 8.07 Å². The summed E-state index contributed by atoms with van der Waals surface area (Å²) in [4.78, 5) is 0. The quantitative estimate of drug-likeness (QED) is 0.626. The van der Waals surface area contributed by atoms with Gasteiger partial charge in [-0.15, -0.1) is 0 Å². The minimum absolute atomic E-state index is 0.0443. The predicted octanol–water partition coefficient (Wildman–Crippen LogP) is 5.29. The molecule has 0 radical (unpaired) electrons. The van der Waals surface area contributed by atoms with Gasteiger partial charge in [-0.1, -0.05) is 70.7 Å². The third-order valence-corrected chi connectivity index (χ3v) is 4.70. The molecule has 2 heteroatoms. The van der Waals surface area contributed by atoms with E-state index in [0.29, 0.717) is 0 Å². The summed E-state index contributed by atoms with van der Waals surface area (Å²) in [6.07, 6.45) is 0. The van der Waals surface area contributed by atoms with Crippen LogP contribution in [0, 0.1) is 5.41 Å². The molecule has 0 heterocycles. The van der Waals surface area contributed by atoms with Gasteiger partial charge >= 0.3 is 0 Å². The molecule has 0 aliphatic carbocycles. The maximum absolute atomic E-state index is 14.7. The topological polar surface area (TPSA) is 0 Å². The van der Waals surface area contributed by atoms with Crippen molar-refractivity contribution in [2.75, 3.05) is 0 Å². The van der Waals surface area contributed by atoms with E-state index >= 15 is 0 Å². The summed E-state index contributed by atoms with van der Waals surface area (Å²) >= 11 is 0. The molecule has 0 aromatic heterocycles. The van der Waals surface area contributed by atoms with Crippen LogP contribution in [-0.2, 0) is 0 Å². The SMILES string of the molecule is CC(C)(C)/C(F)=C(\c1ccccc1)[Si](C)(C)C. The van der Waals surface area contributed by atoms with E-state index in [-0.39, 0.29) is 5.83 Å². The first-order chi connectivity index (χ1) is 7.64. The number of hydrogen-bond donors (Lipinski definition) is 0. The van der Waals surface area contributed by atoms with Gasteiger partial charge in [-0.05, 0) is 10.8 Å². The minimum Gasteiger partial charge on any atom is -0.211 e. The van der Waals surface area contributed by atoms with Crippen molar-refractivity contribution in [3.63, 3.8) is 0 Å². The van der Waals surface area contributed by atoms with Crippen LogP contribution < -0.4 is 0 Å². The minimum atomic E-state index is -1.70. The van der Waals surface area contributed by atoms with E-state index in [9.17, 15) is 4.39 Å². The highest BCUT2D eigenvalue weighted by Gasteiger charge is 2.30. The fraction of sp³-hybridized carbons (Fsp3) is 0.467. The monoisotopic (exact) mass is 250 g/mol. The smallest absolute Gasteiger partial charge is 0.105 e. The van der Waals surface area contributed by atoms with Crippen molar-refractivity contribution in [3.05, 3.63) is 41.7 Å². The number of allylic oxidation sites excluding steroid dienone is 1. The Morgan fingerprint density at radius 1 is 1.00 bits per heavy atom. The second-order valence-corrected chi connectivity index (χ2v) is 11.6. The molecule has 0 bridgehead atoms. The normalized spacial score (nSPS) is 14.5. The molecule has 1 rings (SSSR count). The van der Waals surface area contributed by atoms with Gasteiger partial charge in [0.1, 0.15) is 5.83 Å². The molecular formula is C15H23FSi. The lowest BCUT2D eigenvalue weighted by atomic mass is 9.93. The molecule has 0 nitrogen and oxygen atoms in total. The average molecular weight is 250 g/mol. The molecule has 0 saturated carbocycles. The number of halogens is 1. The van der Waals surface area contributed by atoms with Crippen LogP contribution in [0.4, 0.5) is 4.39 Å². The van der Waals surface area contributed by atoms with Crippen LogP contribution in [0.2, 0.25) is 19.6 Å². The standard InChI is InChI=1S/C15H23FSi/c1-15(2,3)14(16)13(17(4,5)6)12-10-8-7-9-11-12/h7-11H,1-6H3/b14-13-. The highest BCUT2D eigenvalue weighted by molar-refractivity contribution is 6.93. The molecule has 0 unspecified atom stereocenters. The Kier molecular flexibility index (Phi) is 3.98. The second kappa shape index (κ2) is 4.77. The molecule has 0 aliphatic rings.